The van der Waals surface area contributed by atoms with E-state index in [1.54, 1.807) is 0 Å². The lowest BCUT2D eigenvalue weighted by Gasteiger charge is -2.06. The third-order valence-electron chi connectivity index (χ3n) is 3.58. The first-order valence-corrected chi connectivity index (χ1v) is 9.05. The number of hydrogen-bond acceptors (Lipinski definition) is 2. The fourth-order valence-corrected chi connectivity index (χ4v) is 2.16. The van der Waals surface area contributed by atoms with Crippen molar-refractivity contribution in [1.29, 1.82) is 0 Å². The lowest BCUT2D eigenvalue weighted by Crippen LogP contribution is -2.36. The summed E-state index contributed by atoms with van der Waals surface area (Å²) in [6, 6.07) is -0.0584. The van der Waals surface area contributed by atoms with E-state index < -0.39 is 5.97 Å². The molecule has 0 rings (SSSR count). The molecule has 0 aliphatic carbocycles. The van der Waals surface area contributed by atoms with Crippen molar-refractivity contribution in [1.82, 2.24) is 10.6 Å². The zero-order valence-corrected chi connectivity index (χ0v) is 14.6. The van der Waals surface area contributed by atoms with E-state index in [9.17, 15) is 9.59 Å². The Morgan fingerprint density at radius 2 is 1.39 bits per heavy atom. The normalized spacial score (nSPS) is 10.8. The first-order valence-electron chi connectivity index (χ1n) is 9.05. The molecule has 2 amide bonds. The third kappa shape index (κ3) is 18.4. The summed E-state index contributed by atoms with van der Waals surface area (Å²) in [6.07, 6.45) is 15.1. The van der Waals surface area contributed by atoms with E-state index in [0.29, 0.717) is 6.42 Å². The molecule has 0 unspecified atom stereocenters. The summed E-state index contributed by atoms with van der Waals surface area (Å²) in [6.45, 7) is 3.59. The highest BCUT2D eigenvalue weighted by Crippen LogP contribution is 2.06. The van der Waals surface area contributed by atoms with E-state index in [-0.39, 0.29) is 6.03 Å². The molecule has 0 heterocycles. The van der Waals surface area contributed by atoms with Gasteiger partial charge >= 0.3 is 12.0 Å². The molecule has 0 radical (unpaired) electrons. The maximum Gasteiger partial charge on any atom is 0.314 e. The van der Waals surface area contributed by atoms with Gasteiger partial charge in [-0.2, -0.15) is 0 Å². The molecule has 0 aromatic rings. The molecule has 0 bridgehead atoms. The van der Waals surface area contributed by atoms with Crippen LogP contribution >= 0.6 is 0 Å². The molecular formula is C18H34N2O3. The summed E-state index contributed by atoms with van der Waals surface area (Å²) in [4.78, 5) is 21.7. The number of nitrogens with one attached hydrogen (secondary N) is 2. The molecule has 5 nitrogen and oxygen atoms in total. The van der Waals surface area contributed by atoms with Crippen molar-refractivity contribution >= 4 is 12.0 Å². The van der Waals surface area contributed by atoms with E-state index in [4.69, 9.17) is 5.11 Å². The topological polar surface area (TPSA) is 78.4 Å². The molecule has 0 atom stereocenters. The quantitative estimate of drug-likeness (QED) is 0.311. The number of carbonyl (C=O) groups excluding carboxylic acids is 1. The number of unbranched alkanes of at least 4 members (excludes halogenated alkanes) is 7. The zero-order chi connectivity index (χ0) is 17.2. The molecule has 0 aliphatic rings. The minimum absolute atomic E-state index is 0.0584. The largest absolute Gasteiger partial charge is 0.481 e. The van der Waals surface area contributed by atoms with Crippen molar-refractivity contribution < 1.29 is 14.7 Å². The number of carboxylic acid groups (broad SMARTS) is 1. The van der Waals surface area contributed by atoms with Crippen LogP contribution in [0.4, 0.5) is 4.79 Å². The molecule has 5 heteroatoms. The maximum atomic E-state index is 11.4. The lowest BCUT2D eigenvalue weighted by molar-refractivity contribution is -0.137. The summed E-state index contributed by atoms with van der Waals surface area (Å²) >= 11 is 0. The second kappa shape index (κ2) is 16.8. The average Bonchev–Trinajstić information content (AvgIpc) is 2.51. The number of hydrogen-bond donors (Lipinski definition) is 3. The van der Waals surface area contributed by atoms with Gasteiger partial charge in [0.15, 0.2) is 0 Å². The lowest BCUT2D eigenvalue weighted by atomic mass is 10.1. The first-order chi connectivity index (χ1) is 11.2. The highest BCUT2D eigenvalue weighted by Gasteiger charge is 1.97. The predicted molar refractivity (Wildman–Crippen MR) is 94.6 cm³/mol. The Labute approximate surface area is 140 Å². The molecule has 0 aliphatic heterocycles. The first kappa shape index (κ1) is 21.5. The van der Waals surface area contributed by atoms with Gasteiger partial charge < -0.3 is 15.7 Å². The van der Waals surface area contributed by atoms with E-state index in [1.807, 2.05) is 0 Å². The summed E-state index contributed by atoms with van der Waals surface area (Å²) < 4.78 is 0. The fourth-order valence-electron chi connectivity index (χ4n) is 2.16. The van der Waals surface area contributed by atoms with Crippen LogP contribution in [0.25, 0.3) is 0 Å². The minimum Gasteiger partial charge on any atom is -0.481 e. The van der Waals surface area contributed by atoms with Crippen LogP contribution in [-0.4, -0.2) is 30.2 Å². The number of urea groups is 1. The van der Waals surface area contributed by atoms with E-state index in [0.717, 1.165) is 77.3 Å². The van der Waals surface area contributed by atoms with E-state index in [2.05, 4.69) is 29.7 Å². The molecule has 3 N–H and O–H groups in total. The van der Waals surface area contributed by atoms with Crippen molar-refractivity contribution in [3.05, 3.63) is 12.2 Å². The fraction of sp³-hybridized carbons (Fsp3) is 0.778. The molecule has 0 aromatic carbocycles. The van der Waals surface area contributed by atoms with Crippen molar-refractivity contribution in [3.63, 3.8) is 0 Å². The summed E-state index contributed by atoms with van der Waals surface area (Å²) in [5.41, 5.74) is 0. The SMILES string of the molecule is CCCCNC(=O)NCCCC/C=C/CCCCCCC(=O)O. The van der Waals surface area contributed by atoms with Gasteiger partial charge in [-0.1, -0.05) is 38.3 Å². The Bertz CT molecular complexity index is 330. The summed E-state index contributed by atoms with van der Waals surface area (Å²) in [7, 11) is 0. The van der Waals surface area contributed by atoms with Crippen molar-refractivity contribution in [3.8, 4) is 0 Å². The van der Waals surface area contributed by atoms with Crippen LogP contribution in [0.2, 0.25) is 0 Å². The molecule has 0 spiro atoms. The minimum atomic E-state index is -0.696. The summed E-state index contributed by atoms with van der Waals surface area (Å²) in [5.74, 6) is -0.696. The van der Waals surface area contributed by atoms with E-state index >= 15 is 0 Å². The predicted octanol–water partition coefficient (Wildman–Crippen LogP) is 4.24. The number of rotatable bonds is 15. The third-order valence-corrected chi connectivity index (χ3v) is 3.58. The molecular weight excluding hydrogens is 292 g/mol. The second-order valence-electron chi connectivity index (χ2n) is 5.85. The van der Waals surface area contributed by atoms with Gasteiger partial charge in [0.25, 0.3) is 0 Å². The molecule has 0 saturated heterocycles. The van der Waals surface area contributed by atoms with Crippen molar-refractivity contribution in [2.75, 3.05) is 13.1 Å². The average molecular weight is 326 g/mol. The van der Waals surface area contributed by atoms with Gasteiger partial charge in [-0.15, -0.1) is 0 Å². The highest BCUT2D eigenvalue weighted by atomic mass is 16.4. The Morgan fingerprint density at radius 3 is 2.00 bits per heavy atom. The van der Waals surface area contributed by atoms with Gasteiger partial charge in [-0.05, 0) is 44.9 Å². The Morgan fingerprint density at radius 1 is 0.826 bits per heavy atom. The van der Waals surface area contributed by atoms with Crippen LogP contribution in [0.15, 0.2) is 12.2 Å². The number of allylic oxidation sites excluding steroid dienone is 2. The van der Waals surface area contributed by atoms with Crippen LogP contribution in [0.3, 0.4) is 0 Å². The van der Waals surface area contributed by atoms with Gasteiger partial charge in [-0.3, -0.25) is 4.79 Å². The van der Waals surface area contributed by atoms with E-state index in [1.165, 1.54) is 0 Å². The Hall–Kier alpha value is -1.52. The van der Waals surface area contributed by atoms with Gasteiger partial charge in [0, 0.05) is 19.5 Å². The molecule has 134 valence electrons. The Kier molecular flexibility index (Phi) is 15.7. The van der Waals surface area contributed by atoms with Gasteiger partial charge in [0.2, 0.25) is 0 Å². The monoisotopic (exact) mass is 326 g/mol. The smallest absolute Gasteiger partial charge is 0.314 e. The highest BCUT2D eigenvalue weighted by molar-refractivity contribution is 5.73. The number of aliphatic carboxylic acids is 1. The standard InChI is InChI=1S/C18H34N2O3/c1-2-3-15-19-18(23)20-16-13-11-9-7-5-4-6-8-10-12-14-17(21)22/h5,7H,2-4,6,8-16H2,1H3,(H,21,22)(H2,19,20,23)/b7-5+. The molecule has 0 saturated carbocycles. The summed E-state index contributed by atoms with van der Waals surface area (Å²) in [5, 5.41) is 14.2. The van der Waals surface area contributed by atoms with Gasteiger partial charge in [-0.25, -0.2) is 4.79 Å². The van der Waals surface area contributed by atoms with Gasteiger partial charge in [0.05, 0.1) is 0 Å². The number of carboxylic acids is 1. The number of carbonyl (C=O) groups is 2. The van der Waals surface area contributed by atoms with Crippen LogP contribution in [0, 0.1) is 0 Å². The molecule has 0 fully saturated rings. The van der Waals surface area contributed by atoms with Crippen molar-refractivity contribution in [2.24, 2.45) is 0 Å². The zero-order valence-electron chi connectivity index (χ0n) is 14.6. The Balaban J connectivity index is 3.22. The van der Waals surface area contributed by atoms with Crippen LogP contribution < -0.4 is 10.6 Å². The second-order valence-corrected chi connectivity index (χ2v) is 5.85. The molecule has 23 heavy (non-hydrogen) atoms. The van der Waals surface area contributed by atoms with Crippen molar-refractivity contribution in [2.45, 2.75) is 77.6 Å². The maximum absolute atomic E-state index is 11.4. The van der Waals surface area contributed by atoms with Gasteiger partial charge in [0.1, 0.15) is 0 Å². The van der Waals surface area contributed by atoms with Crippen LogP contribution in [0.1, 0.15) is 77.6 Å². The van der Waals surface area contributed by atoms with Crippen LogP contribution in [-0.2, 0) is 4.79 Å². The van der Waals surface area contributed by atoms with Crippen LogP contribution in [0.5, 0.6) is 0 Å². The molecule has 0 aromatic heterocycles. The number of amides is 2.